The van der Waals surface area contributed by atoms with Gasteiger partial charge >= 0.3 is 0 Å². The summed E-state index contributed by atoms with van der Waals surface area (Å²) >= 11 is 0. The maximum atomic E-state index is 10.4. The van der Waals surface area contributed by atoms with Crippen LogP contribution in [-0.2, 0) is 11.2 Å². The van der Waals surface area contributed by atoms with E-state index in [-0.39, 0.29) is 0 Å². The Morgan fingerprint density at radius 3 is 2.18 bits per heavy atom. The summed E-state index contributed by atoms with van der Waals surface area (Å²) in [6.45, 7) is 6.78. The van der Waals surface area contributed by atoms with E-state index in [2.05, 4.69) is 13.8 Å². The molecule has 1 unspecified atom stereocenters. The quantitative estimate of drug-likeness (QED) is 0.788. The molecule has 17 heavy (non-hydrogen) atoms. The van der Waals surface area contributed by atoms with E-state index in [9.17, 15) is 5.11 Å². The van der Waals surface area contributed by atoms with Crippen molar-refractivity contribution in [2.24, 2.45) is 0 Å². The molecule has 1 rings (SSSR count). The van der Waals surface area contributed by atoms with Crippen LogP contribution in [0.4, 0.5) is 0 Å². The minimum absolute atomic E-state index is 0.398. The van der Waals surface area contributed by atoms with Crippen molar-refractivity contribution in [2.45, 2.75) is 51.7 Å². The lowest BCUT2D eigenvalue weighted by atomic mass is 9.86. The molecule has 0 amide bonds. The highest BCUT2D eigenvalue weighted by molar-refractivity contribution is 5.16. The van der Waals surface area contributed by atoms with Gasteiger partial charge in [-0.3, -0.25) is 0 Å². The van der Waals surface area contributed by atoms with Gasteiger partial charge in [0.25, 0.3) is 0 Å². The summed E-state index contributed by atoms with van der Waals surface area (Å²) in [4.78, 5) is 0. The van der Waals surface area contributed by atoms with Crippen molar-refractivity contribution in [2.75, 3.05) is 6.61 Å². The Kier molecular flexibility index (Phi) is 5.66. The number of hydrogen-bond donors (Lipinski definition) is 1. The average molecular weight is 236 g/mol. The van der Waals surface area contributed by atoms with Crippen molar-refractivity contribution in [3.8, 4) is 0 Å². The van der Waals surface area contributed by atoms with Gasteiger partial charge < -0.3 is 9.84 Å². The van der Waals surface area contributed by atoms with Crippen LogP contribution in [0.25, 0.3) is 0 Å². The predicted octanol–water partition coefficient (Wildman–Crippen LogP) is 3.19. The zero-order valence-electron chi connectivity index (χ0n) is 11.1. The highest BCUT2D eigenvalue weighted by Crippen LogP contribution is 2.27. The molecule has 1 aromatic carbocycles. The van der Waals surface area contributed by atoms with Crippen molar-refractivity contribution >= 4 is 0 Å². The third-order valence-corrected chi connectivity index (χ3v) is 3.51. The smallest absolute Gasteiger partial charge is 0.0938 e. The van der Waals surface area contributed by atoms with Gasteiger partial charge in [-0.2, -0.15) is 0 Å². The molecule has 0 aliphatic rings. The number of aliphatic hydroxyl groups is 1. The van der Waals surface area contributed by atoms with Gasteiger partial charge in [0, 0.05) is 13.0 Å². The molecule has 0 saturated carbocycles. The van der Waals surface area contributed by atoms with Crippen molar-refractivity contribution in [3.63, 3.8) is 0 Å². The van der Waals surface area contributed by atoms with Gasteiger partial charge in [-0.25, -0.2) is 0 Å². The number of aliphatic hydroxyl groups excluding tert-OH is 1. The summed E-state index contributed by atoms with van der Waals surface area (Å²) in [7, 11) is 0. The minimum atomic E-state index is -0.445. The van der Waals surface area contributed by atoms with Gasteiger partial charge in [0.05, 0.1) is 11.7 Å². The normalized spacial score (nSPS) is 13.6. The Bertz CT molecular complexity index is 304. The van der Waals surface area contributed by atoms with Gasteiger partial charge in [-0.05, 0) is 25.3 Å². The Balaban J connectivity index is 2.75. The van der Waals surface area contributed by atoms with E-state index in [0.29, 0.717) is 13.0 Å². The molecular weight excluding hydrogens is 212 g/mol. The first kappa shape index (κ1) is 14.2. The van der Waals surface area contributed by atoms with E-state index in [0.717, 1.165) is 18.4 Å². The molecule has 96 valence electrons. The first-order valence-electron chi connectivity index (χ1n) is 6.54. The summed E-state index contributed by atoms with van der Waals surface area (Å²) in [5, 5.41) is 10.4. The molecule has 2 heteroatoms. The summed E-state index contributed by atoms with van der Waals surface area (Å²) in [5.41, 5.74) is 0.760. The number of ether oxygens (including phenoxy) is 1. The highest BCUT2D eigenvalue weighted by Gasteiger charge is 2.35. The molecule has 0 aromatic heterocycles. The predicted molar refractivity (Wildman–Crippen MR) is 71.1 cm³/mol. The first-order valence-corrected chi connectivity index (χ1v) is 6.54. The lowest BCUT2D eigenvalue weighted by molar-refractivity contribution is -0.124. The molecule has 0 saturated heterocycles. The van der Waals surface area contributed by atoms with Crippen molar-refractivity contribution in [1.82, 2.24) is 0 Å². The van der Waals surface area contributed by atoms with Crippen LogP contribution in [0.15, 0.2) is 30.3 Å². The van der Waals surface area contributed by atoms with Crippen LogP contribution in [0.5, 0.6) is 0 Å². The summed E-state index contributed by atoms with van der Waals surface area (Å²) in [5.74, 6) is 0. The number of rotatable bonds is 7. The molecule has 0 heterocycles. The van der Waals surface area contributed by atoms with E-state index in [1.54, 1.807) is 0 Å². The highest BCUT2D eigenvalue weighted by atomic mass is 16.5. The second-order valence-electron chi connectivity index (χ2n) is 4.41. The van der Waals surface area contributed by atoms with E-state index >= 15 is 0 Å². The molecule has 0 fully saturated rings. The van der Waals surface area contributed by atoms with Gasteiger partial charge in [-0.1, -0.05) is 44.2 Å². The molecule has 0 radical (unpaired) electrons. The van der Waals surface area contributed by atoms with Gasteiger partial charge in [0.1, 0.15) is 0 Å². The number of benzene rings is 1. The van der Waals surface area contributed by atoms with Crippen LogP contribution in [0.3, 0.4) is 0 Å². The molecule has 1 atom stereocenters. The second kappa shape index (κ2) is 6.77. The molecule has 2 nitrogen and oxygen atoms in total. The SMILES string of the molecule is CCOC(CC)(CC)C(O)Cc1ccccc1. The Morgan fingerprint density at radius 1 is 1.12 bits per heavy atom. The summed E-state index contributed by atoms with van der Waals surface area (Å²) in [6, 6.07) is 10.1. The van der Waals surface area contributed by atoms with Crippen LogP contribution in [0.1, 0.15) is 39.2 Å². The fourth-order valence-electron chi connectivity index (χ4n) is 2.33. The fourth-order valence-corrected chi connectivity index (χ4v) is 2.33. The maximum absolute atomic E-state index is 10.4. The van der Waals surface area contributed by atoms with Crippen LogP contribution in [-0.4, -0.2) is 23.4 Å². The van der Waals surface area contributed by atoms with E-state index in [1.807, 2.05) is 37.3 Å². The molecule has 0 aliphatic heterocycles. The first-order chi connectivity index (χ1) is 8.18. The minimum Gasteiger partial charge on any atom is -0.390 e. The summed E-state index contributed by atoms with van der Waals surface area (Å²) < 4.78 is 5.81. The third kappa shape index (κ3) is 3.55. The lowest BCUT2D eigenvalue weighted by Crippen LogP contribution is -2.45. The zero-order valence-corrected chi connectivity index (χ0v) is 11.1. The van der Waals surface area contributed by atoms with Crippen LogP contribution >= 0.6 is 0 Å². The van der Waals surface area contributed by atoms with Crippen molar-refractivity contribution < 1.29 is 9.84 Å². The zero-order chi connectivity index (χ0) is 12.7. The molecule has 0 spiro atoms. The third-order valence-electron chi connectivity index (χ3n) is 3.51. The number of hydrogen-bond acceptors (Lipinski definition) is 2. The van der Waals surface area contributed by atoms with Crippen molar-refractivity contribution in [3.05, 3.63) is 35.9 Å². The molecule has 1 N–H and O–H groups in total. The van der Waals surface area contributed by atoms with E-state index in [4.69, 9.17) is 4.74 Å². The van der Waals surface area contributed by atoms with Crippen LogP contribution in [0, 0.1) is 0 Å². The molecule has 0 aliphatic carbocycles. The fraction of sp³-hybridized carbons (Fsp3) is 0.600. The Labute approximate surface area is 105 Å². The maximum Gasteiger partial charge on any atom is 0.0938 e. The topological polar surface area (TPSA) is 29.5 Å². The molecule has 1 aromatic rings. The average Bonchev–Trinajstić information content (AvgIpc) is 2.37. The Morgan fingerprint density at radius 2 is 1.71 bits per heavy atom. The van der Waals surface area contributed by atoms with Gasteiger partial charge in [-0.15, -0.1) is 0 Å². The standard InChI is InChI=1S/C15H24O2/c1-4-15(5-2,17-6-3)14(16)12-13-10-8-7-9-11-13/h7-11,14,16H,4-6,12H2,1-3H3. The van der Waals surface area contributed by atoms with Crippen LogP contribution < -0.4 is 0 Å². The monoisotopic (exact) mass is 236 g/mol. The van der Waals surface area contributed by atoms with Crippen molar-refractivity contribution in [1.29, 1.82) is 0 Å². The molecule has 0 bridgehead atoms. The Hall–Kier alpha value is -0.860. The summed E-state index contributed by atoms with van der Waals surface area (Å²) in [6.07, 6.45) is 1.89. The van der Waals surface area contributed by atoms with E-state index < -0.39 is 11.7 Å². The second-order valence-corrected chi connectivity index (χ2v) is 4.41. The largest absolute Gasteiger partial charge is 0.390 e. The van der Waals surface area contributed by atoms with Gasteiger partial charge in [0.2, 0.25) is 0 Å². The van der Waals surface area contributed by atoms with Gasteiger partial charge in [0.15, 0.2) is 0 Å². The van der Waals surface area contributed by atoms with Crippen LogP contribution in [0.2, 0.25) is 0 Å². The molecular formula is C15H24O2. The van der Waals surface area contributed by atoms with E-state index in [1.165, 1.54) is 0 Å². The lowest BCUT2D eigenvalue weighted by Gasteiger charge is -2.36.